The van der Waals surface area contributed by atoms with E-state index in [2.05, 4.69) is 179 Å². The lowest BCUT2D eigenvalue weighted by Crippen LogP contribution is -2.47. The Labute approximate surface area is 311 Å². The Bertz CT molecular complexity index is 2210. The molecule has 10 rings (SSSR count). The number of nitrogens with zero attached hydrogens (tertiary/aromatic N) is 2. The Balaban J connectivity index is 1.11. The number of fused-ring (bicyclic) bond motifs is 9. The topological polar surface area (TPSA) is 6.48 Å². The summed E-state index contributed by atoms with van der Waals surface area (Å²) in [5, 5.41) is 0. The molecule has 0 saturated heterocycles. The van der Waals surface area contributed by atoms with Gasteiger partial charge in [0.15, 0.2) is 0 Å². The summed E-state index contributed by atoms with van der Waals surface area (Å²) in [4.78, 5) is 5.34. The number of anilines is 1. The van der Waals surface area contributed by atoms with Gasteiger partial charge in [0.25, 0.3) is 0 Å². The third-order valence-electron chi connectivity index (χ3n) is 14.4. The van der Waals surface area contributed by atoms with E-state index in [1.165, 1.54) is 39.5 Å². The van der Waals surface area contributed by atoms with Crippen molar-refractivity contribution in [1.29, 1.82) is 0 Å². The molecule has 7 atom stereocenters. The highest BCUT2D eigenvalue weighted by atomic mass is 15.2. The molecule has 0 fully saturated rings. The summed E-state index contributed by atoms with van der Waals surface area (Å²) in [5.41, 5.74) is 14.1. The molecule has 52 heavy (non-hydrogen) atoms. The van der Waals surface area contributed by atoms with Gasteiger partial charge in [-0.15, -0.1) is 0 Å². The lowest BCUT2D eigenvalue weighted by Gasteiger charge is -2.46. The molecule has 260 valence electrons. The minimum Gasteiger partial charge on any atom is -0.356 e. The molecule has 0 amide bonds. The van der Waals surface area contributed by atoms with Gasteiger partial charge in [-0.25, -0.2) is 0 Å². The van der Waals surface area contributed by atoms with Gasteiger partial charge >= 0.3 is 0 Å². The van der Waals surface area contributed by atoms with Gasteiger partial charge in [-0.1, -0.05) is 143 Å². The minimum atomic E-state index is -0.248. The second-order valence-electron chi connectivity index (χ2n) is 17.7. The highest BCUT2D eigenvalue weighted by Crippen LogP contribution is 2.60. The Hall–Kier alpha value is -4.74. The fourth-order valence-electron chi connectivity index (χ4n) is 12.1. The minimum absolute atomic E-state index is 0.00923. The van der Waals surface area contributed by atoms with Crippen LogP contribution >= 0.6 is 0 Å². The molecule has 0 aromatic heterocycles. The molecule has 6 aliphatic carbocycles. The van der Waals surface area contributed by atoms with E-state index in [-0.39, 0.29) is 22.3 Å². The first-order valence-corrected chi connectivity index (χ1v) is 19.7. The maximum atomic E-state index is 3.64. The van der Waals surface area contributed by atoms with Crippen molar-refractivity contribution in [3.05, 3.63) is 184 Å². The average molecular weight is 679 g/mol. The van der Waals surface area contributed by atoms with Crippen LogP contribution in [0.1, 0.15) is 100 Å². The quantitative estimate of drug-likeness (QED) is 0.271. The standard InChI is InChI=1S/C50H50N2/c1-32-44(28-27-39-37-19-11-13-21-41(37)49(4,5)47(32)39)51(34-24-26-38-36-18-10-12-20-40(36)48(2,3)43(38)30-34)35-25-29-46-50(6,31-35)42-22-14-15-23-45(42)52(46)33-16-8-7-9-17-33/h7-13,15-16,18-21,23-25,28-33,38-39,46-47H,17,26-27H2,1-6H3. The van der Waals surface area contributed by atoms with Crippen molar-refractivity contribution in [2.45, 2.75) is 101 Å². The summed E-state index contributed by atoms with van der Waals surface area (Å²) in [6, 6.07) is 30.3. The number of rotatable bonds is 4. The van der Waals surface area contributed by atoms with Crippen LogP contribution in [0.4, 0.5) is 5.69 Å². The first-order chi connectivity index (χ1) is 25.1. The molecule has 0 spiro atoms. The smallest absolute Gasteiger partial charge is 0.0620 e. The van der Waals surface area contributed by atoms with E-state index in [1.54, 1.807) is 16.7 Å². The molecule has 2 nitrogen and oxygen atoms in total. The van der Waals surface area contributed by atoms with E-state index >= 15 is 0 Å². The Morgan fingerprint density at radius 1 is 0.808 bits per heavy atom. The Kier molecular flexibility index (Phi) is 6.84. The summed E-state index contributed by atoms with van der Waals surface area (Å²) in [6.45, 7) is 14.8. The highest BCUT2D eigenvalue weighted by Gasteiger charge is 2.53. The maximum Gasteiger partial charge on any atom is 0.0620 e. The number of allylic oxidation sites excluding steroid dienone is 8. The van der Waals surface area contributed by atoms with Crippen LogP contribution in [0.3, 0.4) is 0 Å². The van der Waals surface area contributed by atoms with Crippen molar-refractivity contribution in [2.75, 3.05) is 4.90 Å². The number of hydrogen-bond acceptors (Lipinski definition) is 2. The van der Waals surface area contributed by atoms with Crippen LogP contribution in [0.2, 0.25) is 0 Å². The summed E-state index contributed by atoms with van der Waals surface area (Å²) < 4.78 is 0. The largest absolute Gasteiger partial charge is 0.356 e. The molecule has 2 heteroatoms. The van der Waals surface area contributed by atoms with Crippen molar-refractivity contribution < 1.29 is 0 Å². The first kappa shape index (κ1) is 32.0. The van der Waals surface area contributed by atoms with E-state index in [0.29, 0.717) is 29.7 Å². The van der Waals surface area contributed by atoms with E-state index in [4.69, 9.17) is 0 Å². The molecule has 0 bridgehead atoms. The lowest BCUT2D eigenvalue weighted by atomic mass is 9.65. The predicted octanol–water partition coefficient (Wildman–Crippen LogP) is 11.3. The van der Waals surface area contributed by atoms with Gasteiger partial charge in [0.2, 0.25) is 0 Å². The van der Waals surface area contributed by atoms with Crippen molar-refractivity contribution >= 4 is 5.69 Å². The van der Waals surface area contributed by atoms with Crippen LogP contribution in [0.5, 0.6) is 0 Å². The molecule has 7 unspecified atom stereocenters. The zero-order chi connectivity index (χ0) is 35.6. The molecule has 0 radical (unpaired) electrons. The van der Waals surface area contributed by atoms with Gasteiger partial charge in [0, 0.05) is 45.3 Å². The summed E-state index contributed by atoms with van der Waals surface area (Å²) in [7, 11) is 0. The second-order valence-corrected chi connectivity index (χ2v) is 17.7. The molecule has 3 aromatic rings. The first-order valence-electron chi connectivity index (χ1n) is 19.7. The Morgan fingerprint density at radius 2 is 1.60 bits per heavy atom. The molecule has 7 aliphatic rings. The van der Waals surface area contributed by atoms with Crippen molar-refractivity contribution in [2.24, 2.45) is 11.8 Å². The molecule has 0 N–H and O–H groups in total. The molecular formula is C50H50N2. The van der Waals surface area contributed by atoms with Crippen molar-refractivity contribution in [3.8, 4) is 0 Å². The van der Waals surface area contributed by atoms with Crippen LogP contribution in [0.15, 0.2) is 144 Å². The Morgan fingerprint density at radius 3 is 2.40 bits per heavy atom. The highest BCUT2D eigenvalue weighted by molar-refractivity contribution is 5.69. The van der Waals surface area contributed by atoms with Gasteiger partial charge in [-0.2, -0.15) is 0 Å². The van der Waals surface area contributed by atoms with Crippen LogP contribution in [-0.4, -0.2) is 17.0 Å². The van der Waals surface area contributed by atoms with Gasteiger partial charge < -0.3 is 9.80 Å². The van der Waals surface area contributed by atoms with Crippen molar-refractivity contribution in [1.82, 2.24) is 4.90 Å². The third-order valence-corrected chi connectivity index (χ3v) is 14.4. The summed E-state index contributed by atoms with van der Waals surface area (Å²) >= 11 is 0. The SMILES string of the molecule is CC1C(N(C2=CCC3C(=C2)C(C)(C)c2ccccc23)C2=CC3(C)c4c#cccc4N(C4C=CC=CC4)C3C=C2)=CCC2c3ccccc3C(C)(C)C12. The lowest BCUT2D eigenvalue weighted by molar-refractivity contribution is 0.201. The monoisotopic (exact) mass is 678 g/mol. The van der Waals surface area contributed by atoms with Gasteiger partial charge in [0.1, 0.15) is 0 Å². The summed E-state index contributed by atoms with van der Waals surface area (Å²) in [6.07, 6.45) is 27.5. The van der Waals surface area contributed by atoms with E-state index in [1.807, 2.05) is 6.07 Å². The number of hydrogen-bond donors (Lipinski definition) is 0. The molecule has 3 aromatic carbocycles. The average Bonchev–Trinajstić information content (AvgIpc) is 3.66. The second kappa shape index (κ2) is 11.1. The summed E-state index contributed by atoms with van der Waals surface area (Å²) in [5.74, 6) is 1.89. The van der Waals surface area contributed by atoms with Crippen LogP contribution in [-0.2, 0) is 16.2 Å². The maximum absolute atomic E-state index is 3.64. The van der Waals surface area contributed by atoms with Gasteiger partial charge in [-0.05, 0) is 96.1 Å². The fraction of sp³-hybridized carbons (Fsp3) is 0.360. The van der Waals surface area contributed by atoms with Crippen LogP contribution in [0.25, 0.3) is 0 Å². The zero-order valence-corrected chi connectivity index (χ0v) is 31.5. The molecule has 1 heterocycles. The van der Waals surface area contributed by atoms with Crippen molar-refractivity contribution in [3.63, 3.8) is 0 Å². The van der Waals surface area contributed by atoms with Gasteiger partial charge in [0.05, 0.1) is 17.8 Å². The van der Waals surface area contributed by atoms with Gasteiger partial charge in [-0.3, -0.25) is 0 Å². The molecule has 1 aliphatic heterocycles. The zero-order valence-electron chi connectivity index (χ0n) is 31.5. The normalized spacial score (nSPS) is 32.2. The van der Waals surface area contributed by atoms with E-state index < -0.39 is 0 Å². The van der Waals surface area contributed by atoms with E-state index in [9.17, 15) is 0 Å². The molecular weight excluding hydrogens is 629 g/mol. The predicted molar refractivity (Wildman–Crippen MR) is 214 cm³/mol. The van der Waals surface area contributed by atoms with Crippen LogP contribution in [0, 0.1) is 24.0 Å². The third kappa shape index (κ3) is 4.26. The fourth-order valence-corrected chi connectivity index (χ4v) is 12.1. The molecule has 0 saturated carbocycles. The number of benzene rings is 2. The van der Waals surface area contributed by atoms with E-state index in [0.717, 1.165) is 19.3 Å². The van der Waals surface area contributed by atoms with Crippen LogP contribution < -0.4 is 4.90 Å².